The topological polar surface area (TPSA) is 314 Å². The van der Waals surface area contributed by atoms with Crippen LogP contribution in [0, 0.1) is 13.8 Å². The van der Waals surface area contributed by atoms with Crippen molar-refractivity contribution < 1.29 is 98.1 Å². The van der Waals surface area contributed by atoms with E-state index >= 15 is 4.79 Å². The highest BCUT2D eigenvalue weighted by molar-refractivity contribution is 6.37. The van der Waals surface area contributed by atoms with Gasteiger partial charge in [0.05, 0.1) is 91.2 Å². The molecule has 2 fully saturated rings. The number of hydrogen-bond donors (Lipinski definition) is 6. The Morgan fingerprint density at radius 3 is 1.77 bits per heavy atom. The van der Waals surface area contributed by atoms with Gasteiger partial charge >= 0.3 is 18.3 Å². The highest BCUT2D eigenvalue weighted by Gasteiger charge is 2.50. The zero-order chi connectivity index (χ0) is 57.6. The van der Waals surface area contributed by atoms with Gasteiger partial charge in [-0.3, -0.25) is 55.5 Å². The third-order valence-electron chi connectivity index (χ3n) is 12.8. The first kappa shape index (κ1) is 63.3. The summed E-state index contributed by atoms with van der Waals surface area (Å²) in [5, 5.41) is 52.3. The molecular weight excluding hydrogens is 1100 g/mol. The summed E-state index contributed by atoms with van der Waals surface area (Å²) in [6.07, 6.45) is 3.18. The summed E-state index contributed by atoms with van der Waals surface area (Å²) in [5.41, 5.74) is 3.87. The van der Waals surface area contributed by atoms with Crippen molar-refractivity contribution in [3.8, 4) is 17.4 Å². The highest BCUT2D eigenvalue weighted by atomic mass is 35.5. The van der Waals surface area contributed by atoms with Gasteiger partial charge in [-0.25, -0.2) is 19.4 Å². The lowest BCUT2D eigenvalue weighted by atomic mass is 9.81. The van der Waals surface area contributed by atoms with Gasteiger partial charge in [-0.1, -0.05) is 35.3 Å². The van der Waals surface area contributed by atoms with E-state index in [1.165, 1.54) is 9.80 Å². The van der Waals surface area contributed by atoms with Crippen molar-refractivity contribution in [1.29, 1.82) is 0 Å². The van der Waals surface area contributed by atoms with Crippen LogP contribution in [0.1, 0.15) is 86.5 Å². The van der Waals surface area contributed by atoms with Gasteiger partial charge in [-0.05, 0) is 124 Å². The van der Waals surface area contributed by atoms with Crippen molar-refractivity contribution >= 4 is 53.0 Å². The van der Waals surface area contributed by atoms with Gasteiger partial charge in [0.1, 0.15) is 19.0 Å². The lowest BCUT2D eigenvalue weighted by Gasteiger charge is -2.50. The van der Waals surface area contributed by atoms with Crippen LogP contribution in [0.4, 0.5) is 14.4 Å². The average molecular weight is 1170 g/mol. The number of pyridine rings is 1. The number of ether oxygens (including phenoxy) is 7. The van der Waals surface area contributed by atoms with E-state index in [4.69, 9.17) is 87.6 Å². The maximum absolute atomic E-state index is 15.7. The van der Waals surface area contributed by atoms with Crippen LogP contribution < -0.4 is 14.2 Å². The molecule has 1 saturated heterocycles. The number of nitrogens with zero attached hydrogens (tertiary/aromatic N) is 7. The zero-order valence-electron chi connectivity index (χ0n) is 44.4. The molecular formula is C51H69Cl2N7O20. The molecule has 442 valence electrons. The molecule has 6 rings (SSSR count). The number of aromatic nitrogens is 1. The molecule has 2 unspecified atom stereocenters. The van der Waals surface area contributed by atoms with Crippen molar-refractivity contribution in [2.24, 2.45) is 0 Å². The van der Waals surface area contributed by atoms with E-state index in [2.05, 4.69) is 19.5 Å². The number of carbonyl (C=O) groups excluding carboxylic acids is 4. The lowest BCUT2D eigenvalue weighted by Crippen LogP contribution is -2.65. The summed E-state index contributed by atoms with van der Waals surface area (Å²) in [6.45, 7) is 3.92. The van der Waals surface area contributed by atoms with Gasteiger partial charge in [-0.2, -0.15) is 0 Å². The van der Waals surface area contributed by atoms with E-state index in [1.807, 2.05) is 26.0 Å². The van der Waals surface area contributed by atoms with Crippen molar-refractivity contribution in [2.75, 3.05) is 79.2 Å². The Morgan fingerprint density at radius 2 is 1.19 bits per heavy atom. The first-order chi connectivity index (χ1) is 38.5. The maximum Gasteiger partial charge on any atom is 0.508 e. The zero-order valence-corrected chi connectivity index (χ0v) is 45.9. The number of fused-ring (bicyclic) bond motifs is 2. The van der Waals surface area contributed by atoms with Crippen molar-refractivity contribution in [3.05, 3.63) is 86.5 Å². The van der Waals surface area contributed by atoms with E-state index in [1.54, 1.807) is 41.4 Å². The molecule has 3 amide bonds. The SMILES string of the molecule is Cc1cc(Cl)c(OCCOc2ccc(C3=C(C(=O)N(Cc4ccnc(OCCCOC(=O)OCCCCON(O)O)c4C)C4CC4)C4CN(C(=O)OCCCCON(O)O)CC(C3)N4C(=O)OCCCCON(O)O)cc2)c(Cl)c1. The molecule has 29 heteroatoms. The molecule has 0 radical (unpaired) electrons. The molecule has 2 bridgehead atoms. The molecule has 80 heavy (non-hydrogen) atoms. The highest BCUT2D eigenvalue weighted by Crippen LogP contribution is 2.42. The fourth-order valence-electron chi connectivity index (χ4n) is 8.84. The molecule has 3 aliphatic rings. The third-order valence-corrected chi connectivity index (χ3v) is 13.4. The molecule has 6 N–H and O–H groups in total. The van der Waals surface area contributed by atoms with E-state index in [-0.39, 0.29) is 110 Å². The summed E-state index contributed by atoms with van der Waals surface area (Å²) in [6, 6.07) is 10.6. The summed E-state index contributed by atoms with van der Waals surface area (Å²) in [5.74, 6) is 0.781. The fraction of sp³-hybridized carbons (Fsp3) is 0.549. The second-order valence-electron chi connectivity index (χ2n) is 18.7. The van der Waals surface area contributed by atoms with E-state index in [9.17, 15) is 14.4 Å². The average Bonchev–Trinajstić information content (AvgIpc) is 4.39. The molecule has 27 nitrogen and oxygen atoms in total. The number of piperazine rings is 1. The van der Waals surface area contributed by atoms with Crippen LogP contribution in [-0.2, 0) is 44.8 Å². The predicted molar refractivity (Wildman–Crippen MR) is 276 cm³/mol. The van der Waals surface area contributed by atoms with Crippen LogP contribution in [0.2, 0.25) is 10.0 Å². The number of carbonyl (C=O) groups is 4. The first-order valence-corrected chi connectivity index (χ1v) is 26.8. The van der Waals surface area contributed by atoms with Gasteiger partial charge in [0, 0.05) is 49.4 Å². The van der Waals surface area contributed by atoms with Crippen LogP contribution in [0.25, 0.3) is 5.57 Å². The Balaban J connectivity index is 1.23. The molecule has 2 atom stereocenters. The summed E-state index contributed by atoms with van der Waals surface area (Å²) in [4.78, 5) is 78.8. The monoisotopic (exact) mass is 1170 g/mol. The number of amides is 3. The van der Waals surface area contributed by atoms with Crippen LogP contribution in [-0.4, -0.2) is 189 Å². The summed E-state index contributed by atoms with van der Waals surface area (Å²) < 4.78 is 39.5. The van der Waals surface area contributed by atoms with Crippen LogP contribution in [0.15, 0.2) is 54.2 Å². The van der Waals surface area contributed by atoms with Crippen molar-refractivity contribution in [1.82, 2.24) is 35.9 Å². The van der Waals surface area contributed by atoms with Gasteiger partial charge in [0.2, 0.25) is 5.88 Å². The molecule has 1 aromatic heterocycles. The van der Waals surface area contributed by atoms with Gasteiger partial charge in [0.15, 0.2) is 5.75 Å². The number of unbranched alkanes of at least 4 members (excludes halogenated alkanes) is 3. The Labute approximate surface area is 471 Å². The standard InChI is InChI=1S/C51H69Cl2N7O20/c1-34-28-42(52)46(43(53)29-34)72-27-26-71-40-14-10-36(11-15-40)41-30-39-32-55(49(62)74-18-3-6-23-78-58(65)66)33-44(57(39)50(63)75-19-4-7-24-79-59(67)68)45(41)48(61)56(38-12-13-38)31-37-16-17-54-47(35(37)2)73-21-9-22-77-51(64)76-20-5-8-25-80-60(69)70/h10-11,14-17,28-29,38-39,44,65-70H,3-9,12-13,18-27,30-33H2,1-2H3. The summed E-state index contributed by atoms with van der Waals surface area (Å²) in [7, 11) is 0. The number of aryl methyl sites for hydroxylation is 1. The molecule has 2 aromatic carbocycles. The lowest BCUT2D eigenvalue weighted by molar-refractivity contribution is -0.492. The Bertz CT molecular complexity index is 2490. The molecule has 1 aliphatic carbocycles. The molecule has 2 aliphatic heterocycles. The summed E-state index contributed by atoms with van der Waals surface area (Å²) >= 11 is 12.8. The molecule has 3 heterocycles. The minimum absolute atomic E-state index is 0.00714. The maximum atomic E-state index is 15.7. The van der Waals surface area contributed by atoms with E-state index < -0.39 is 46.6 Å². The second-order valence-corrected chi connectivity index (χ2v) is 19.5. The van der Waals surface area contributed by atoms with E-state index in [0.29, 0.717) is 102 Å². The van der Waals surface area contributed by atoms with E-state index in [0.717, 1.165) is 11.1 Å². The van der Waals surface area contributed by atoms with Crippen LogP contribution >= 0.6 is 23.2 Å². The predicted octanol–water partition coefficient (Wildman–Crippen LogP) is 7.74. The molecule has 0 spiro atoms. The number of halogens is 2. The quantitative estimate of drug-likeness (QED) is 0.0147. The number of benzene rings is 2. The van der Waals surface area contributed by atoms with Gasteiger partial charge < -0.3 is 43.0 Å². The van der Waals surface area contributed by atoms with Gasteiger partial charge in [0.25, 0.3) is 5.91 Å². The van der Waals surface area contributed by atoms with Crippen molar-refractivity contribution in [2.45, 2.75) is 103 Å². The Kier molecular flexibility index (Phi) is 25.7. The molecule has 3 aromatic rings. The minimum atomic E-state index is -1.04. The first-order valence-electron chi connectivity index (χ1n) is 26.0. The van der Waals surface area contributed by atoms with Crippen LogP contribution in [0.3, 0.4) is 0 Å². The normalized spacial score (nSPS) is 16.1. The fourth-order valence-corrected chi connectivity index (χ4v) is 9.54. The Hall–Kier alpha value is -5.89. The Morgan fingerprint density at radius 1 is 0.637 bits per heavy atom. The number of hydrogen-bond acceptors (Lipinski definition) is 24. The second kappa shape index (κ2) is 32.5. The van der Waals surface area contributed by atoms with Crippen molar-refractivity contribution in [3.63, 3.8) is 0 Å². The van der Waals surface area contributed by atoms with Gasteiger partial charge in [-0.15, -0.1) is 0 Å². The van der Waals surface area contributed by atoms with Crippen LogP contribution in [0.5, 0.6) is 17.4 Å². The third kappa shape index (κ3) is 20.0. The largest absolute Gasteiger partial charge is 0.508 e. The number of rotatable bonds is 33. The smallest absolute Gasteiger partial charge is 0.490 e. The molecule has 1 saturated carbocycles. The minimum Gasteiger partial charge on any atom is -0.490 e.